The van der Waals surface area contributed by atoms with Crippen LogP contribution in [0.25, 0.3) is 0 Å². The summed E-state index contributed by atoms with van der Waals surface area (Å²) < 4.78 is 22.8. The summed E-state index contributed by atoms with van der Waals surface area (Å²) in [5.74, 6) is -2.25. The van der Waals surface area contributed by atoms with E-state index in [9.17, 15) is 24.1 Å². The normalized spacial score (nSPS) is 10.2. The summed E-state index contributed by atoms with van der Waals surface area (Å²) in [5.41, 5.74) is -0.504. The second kappa shape index (κ2) is 7.86. The molecule has 0 radical (unpaired) electrons. The number of nitro benzene ring substituents is 1. The third-order valence-corrected chi connectivity index (χ3v) is 2.93. The van der Waals surface area contributed by atoms with E-state index in [2.05, 4.69) is 5.32 Å². The number of nitro groups is 1. The summed E-state index contributed by atoms with van der Waals surface area (Å²) in [4.78, 5) is 33.3. The molecule has 0 aliphatic carbocycles. The number of esters is 1. The van der Waals surface area contributed by atoms with Crippen LogP contribution in [0.1, 0.15) is 23.4 Å². The van der Waals surface area contributed by atoms with E-state index in [0.717, 1.165) is 18.2 Å². The zero-order valence-electron chi connectivity index (χ0n) is 12.4. The fourth-order valence-electron chi connectivity index (χ4n) is 1.82. The number of carbonyl (C=O) groups is 2. The molecule has 0 saturated carbocycles. The van der Waals surface area contributed by atoms with Gasteiger partial charge < -0.3 is 14.5 Å². The molecular weight excluding hydrogens is 323 g/mol. The van der Waals surface area contributed by atoms with E-state index in [1.54, 1.807) is 6.07 Å². The molecule has 9 heteroatoms. The van der Waals surface area contributed by atoms with Crippen molar-refractivity contribution in [3.05, 3.63) is 58.3 Å². The van der Waals surface area contributed by atoms with E-state index in [1.807, 2.05) is 0 Å². The van der Waals surface area contributed by atoms with Crippen molar-refractivity contribution in [2.24, 2.45) is 0 Å². The van der Waals surface area contributed by atoms with E-state index in [4.69, 9.17) is 9.15 Å². The number of nitrogens with zero attached hydrogens (tertiary/aromatic N) is 1. The molecule has 0 fully saturated rings. The molecule has 0 spiro atoms. The molecular formula is C15H13FN2O6. The Balaban J connectivity index is 1.80. The van der Waals surface area contributed by atoms with Gasteiger partial charge in [0.1, 0.15) is 5.82 Å². The van der Waals surface area contributed by atoms with Gasteiger partial charge in [0.2, 0.25) is 5.75 Å². The first kappa shape index (κ1) is 17.1. The number of hydrogen-bond acceptors (Lipinski definition) is 6. The largest absolute Gasteiger partial charge is 0.459 e. The van der Waals surface area contributed by atoms with Gasteiger partial charge >= 0.3 is 11.7 Å². The van der Waals surface area contributed by atoms with Gasteiger partial charge in [0.05, 0.1) is 11.2 Å². The van der Waals surface area contributed by atoms with Gasteiger partial charge in [-0.25, -0.2) is 4.39 Å². The highest BCUT2D eigenvalue weighted by atomic mass is 19.1. The van der Waals surface area contributed by atoms with Crippen molar-refractivity contribution in [3.8, 4) is 5.75 Å². The number of hydrogen-bond donors (Lipinski definition) is 1. The number of amides is 1. The number of furan rings is 1. The molecule has 0 saturated heterocycles. The van der Waals surface area contributed by atoms with E-state index in [0.29, 0.717) is 0 Å². The molecule has 126 valence electrons. The van der Waals surface area contributed by atoms with Crippen LogP contribution in [0.2, 0.25) is 0 Å². The molecule has 1 amide bonds. The molecule has 0 atom stereocenters. The van der Waals surface area contributed by atoms with Gasteiger partial charge in [0.25, 0.3) is 5.91 Å². The summed E-state index contributed by atoms with van der Waals surface area (Å²) in [6, 6.07) is 5.65. The van der Waals surface area contributed by atoms with E-state index in [1.165, 1.54) is 12.3 Å². The summed E-state index contributed by atoms with van der Waals surface area (Å²) in [6.07, 6.45) is 1.50. The van der Waals surface area contributed by atoms with E-state index < -0.39 is 34.1 Å². The Morgan fingerprint density at radius 3 is 2.79 bits per heavy atom. The summed E-state index contributed by atoms with van der Waals surface area (Å²) in [7, 11) is 0. The molecule has 8 nitrogen and oxygen atoms in total. The Labute approximate surface area is 135 Å². The van der Waals surface area contributed by atoms with Gasteiger partial charge in [-0.2, -0.15) is 0 Å². The standard InChI is InChI=1S/C15H13FN2O6/c16-10-5-6-11(18(21)22)13(9-10)24-14(19)4-1-7-17-15(20)12-3-2-8-23-12/h2-3,5-6,8-9H,1,4,7H2,(H,17,20). The minimum Gasteiger partial charge on any atom is -0.459 e. The number of carbonyl (C=O) groups excluding carboxylic acids is 2. The highest BCUT2D eigenvalue weighted by Gasteiger charge is 2.18. The molecule has 0 aliphatic heterocycles. The van der Waals surface area contributed by atoms with Crippen molar-refractivity contribution in [2.75, 3.05) is 6.54 Å². The molecule has 1 N–H and O–H groups in total. The minimum atomic E-state index is -0.772. The van der Waals surface area contributed by atoms with Crippen LogP contribution in [0.5, 0.6) is 5.75 Å². The van der Waals surface area contributed by atoms with Crippen molar-refractivity contribution in [1.29, 1.82) is 0 Å². The summed E-state index contributed by atoms with van der Waals surface area (Å²) in [6.45, 7) is 0.180. The molecule has 24 heavy (non-hydrogen) atoms. The maximum Gasteiger partial charge on any atom is 0.311 e. The Bertz CT molecular complexity index is 744. The maximum absolute atomic E-state index is 13.1. The van der Waals surface area contributed by atoms with Crippen molar-refractivity contribution in [1.82, 2.24) is 5.32 Å². The number of halogens is 1. The van der Waals surface area contributed by atoms with Crippen molar-refractivity contribution >= 4 is 17.6 Å². The van der Waals surface area contributed by atoms with Crippen LogP contribution in [0.15, 0.2) is 41.0 Å². The fourth-order valence-corrected chi connectivity index (χ4v) is 1.82. The average Bonchev–Trinajstić information content (AvgIpc) is 3.05. The molecule has 0 aliphatic rings. The highest BCUT2D eigenvalue weighted by molar-refractivity contribution is 5.91. The van der Waals surface area contributed by atoms with Crippen molar-refractivity contribution in [3.63, 3.8) is 0 Å². The van der Waals surface area contributed by atoms with Crippen molar-refractivity contribution < 1.29 is 28.1 Å². The van der Waals surface area contributed by atoms with Gasteiger partial charge in [0, 0.05) is 25.1 Å². The Morgan fingerprint density at radius 1 is 1.33 bits per heavy atom. The summed E-state index contributed by atoms with van der Waals surface area (Å²) in [5, 5.41) is 13.3. The lowest BCUT2D eigenvalue weighted by Gasteiger charge is -2.06. The zero-order valence-corrected chi connectivity index (χ0v) is 12.4. The fraction of sp³-hybridized carbons (Fsp3) is 0.200. The van der Waals surface area contributed by atoms with Gasteiger partial charge in [-0.3, -0.25) is 19.7 Å². The van der Waals surface area contributed by atoms with Crippen LogP contribution in [0.3, 0.4) is 0 Å². The monoisotopic (exact) mass is 336 g/mol. The lowest BCUT2D eigenvalue weighted by molar-refractivity contribution is -0.385. The second-order valence-electron chi connectivity index (χ2n) is 4.68. The van der Waals surface area contributed by atoms with E-state index >= 15 is 0 Å². The van der Waals surface area contributed by atoms with Crippen LogP contribution in [0, 0.1) is 15.9 Å². The van der Waals surface area contributed by atoms with Gasteiger partial charge in [-0.1, -0.05) is 0 Å². The van der Waals surface area contributed by atoms with Crippen molar-refractivity contribution in [2.45, 2.75) is 12.8 Å². The molecule has 1 aromatic carbocycles. The maximum atomic E-state index is 13.1. The average molecular weight is 336 g/mol. The number of rotatable bonds is 7. The van der Waals surface area contributed by atoms with Gasteiger partial charge in [0.15, 0.2) is 5.76 Å². The Morgan fingerprint density at radius 2 is 2.12 bits per heavy atom. The third kappa shape index (κ3) is 4.63. The quantitative estimate of drug-likeness (QED) is 0.273. The molecule has 2 rings (SSSR count). The molecule has 0 bridgehead atoms. The molecule has 0 unspecified atom stereocenters. The summed E-state index contributed by atoms with van der Waals surface area (Å²) >= 11 is 0. The zero-order chi connectivity index (χ0) is 17.5. The smallest absolute Gasteiger partial charge is 0.311 e. The lowest BCUT2D eigenvalue weighted by atomic mass is 10.2. The predicted octanol–water partition coefficient (Wildman–Crippen LogP) is 2.44. The second-order valence-corrected chi connectivity index (χ2v) is 4.68. The highest BCUT2D eigenvalue weighted by Crippen LogP contribution is 2.27. The molecule has 1 aromatic heterocycles. The van der Waals surface area contributed by atoms with Crippen LogP contribution >= 0.6 is 0 Å². The number of benzene rings is 1. The Hall–Kier alpha value is -3.23. The first-order valence-corrected chi connectivity index (χ1v) is 6.93. The third-order valence-electron chi connectivity index (χ3n) is 2.93. The van der Waals surface area contributed by atoms with Gasteiger partial charge in [-0.15, -0.1) is 0 Å². The number of ether oxygens (including phenoxy) is 1. The number of nitrogens with one attached hydrogen (secondary N) is 1. The van der Waals surface area contributed by atoms with Crippen LogP contribution in [-0.2, 0) is 4.79 Å². The van der Waals surface area contributed by atoms with Gasteiger partial charge in [-0.05, 0) is 24.6 Å². The lowest BCUT2D eigenvalue weighted by Crippen LogP contribution is -2.24. The first-order valence-electron chi connectivity index (χ1n) is 6.93. The van der Waals surface area contributed by atoms with Crippen LogP contribution in [0.4, 0.5) is 10.1 Å². The van der Waals surface area contributed by atoms with Crippen LogP contribution < -0.4 is 10.1 Å². The first-order chi connectivity index (χ1) is 11.5. The Kier molecular flexibility index (Phi) is 5.61. The van der Waals surface area contributed by atoms with E-state index in [-0.39, 0.29) is 25.1 Å². The minimum absolute atomic E-state index is 0.105. The molecule has 2 aromatic rings. The van der Waals surface area contributed by atoms with Crippen LogP contribution in [-0.4, -0.2) is 23.3 Å². The topological polar surface area (TPSA) is 112 Å². The SMILES string of the molecule is O=C(CCCNC(=O)c1ccco1)Oc1cc(F)ccc1[N+](=O)[O-]. The predicted molar refractivity (Wildman–Crippen MR) is 79.0 cm³/mol. The molecule has 1 heterocycles.